The molecule has 2 aliphatic heterocycles. The first-order valence-corrected chi connectivity index (χ1v) is 23.9. The maximum absolute atomic E-state index is 12.7. The van der Waals surface area contributed by atoms with E-state index in [1.54, 1.807) is 17.8 Å². The molecular weight excluding hydrogens is 805 g/mol. The number of aliphatic hydroxyl groups is 2. The van der Waals surface area contributed by atoms with E-state index in [1.165, 1.54) is 6.92 Å². The zero-order chi connectivity index (χ0) is 44.0. The van der Waals surface area contributed by atoms with Crippen molar-refractivity contribution in [2.75, 3.05) is 32.1 Å². The Labute approximate surface area is 364 Å². The van der Waals surface area contributed by atoms with Crippen LogP contribution in [0.1, 0.15) is 130 Å². The zero-order valence-electron chi connectivity index (χ0n) is 36.3. The van der Waals surface area contributed by atoms with Crippen molar-refractivity contribution >= 4 is 47.3 Å². The van der Waals surface area contributed by atoms with Gasteiger partial charge in [0.25, 0.3) is 0 Å². The van der Waals surface area contributed by atoms with Crippen LogP contribution < -0.4 is 21.3 Å². The molecule has 3 unspecified atom stereocenters. The van der Waals surface area contributed by atoms with Crippen LogP contribution in [-0.2, 0) is 38.2 Å². The van der Waals surface area contributed by atoms with E-state index in [4.69, 9.17) is 14.6 Å². The molecule has 15 nitrogen and oxygen atoms in total. The first-order valence-electron chi connectivity index (χ1n) is 22.9. The highest BCUT2D eigenvalue weighted by molar-refractivity contribution is 8.00. The molecule has 0 bridgehead atoms. The van der Waals surface area contributed by atoms with Gasteiger partial charge in [0, 0.05) is 61.8 Å². The van der Waals surface area contributed by atoms with Gasteiger partial charge in [-0.15, -0.1) is 0 Å². The maximum atomic E-state index is 12.7. The first-order chi connectivity index (χ1) is 29.0. The molecule has 6 aliphatic rings. The number of ether oxygens (including phenoxy) is 2. The SMILES string of the molecule is CC(=O)NC1C(NC(=O)CCNC(=O)CCCCCNC(=O)CO[C@H]2CC[C@@]3(C)[C@H](CC[C@@H]4[C@@H]3C[C@@H](O)[C@]3(C)[C@@H](C5=CC(=O)OC5)CC[C@]43O)C2)CSC1CCCCC(=O)O. The number of amides is 4. The van der Waals surface area contributed by atoms with Crippen molar-refractivity contribution < 1.29 is 53.6 Å². The summed E-state index contributed by atoms with van der Waals surface area (Å²) in [4.78, 5) is 72.3. The number of carbonyl (C=O) groups excluding carboxylic acids is 5. The van der Waals surface area contributed by atoms with E-state index in [2.05, 4.69) is 28.2 Å². The van der Waals surface area contributed by atoms with Gasteiger partial charge in [0.15, 0.2) is 0 Å². The number of carboxylic acids is 1. The number of unbranched alkanes of at least 4 members (excludes halogenated alkanes) is 3. The summed E-state index contributed by atoms with van der Waals surface area (Å²) in [7, 11) is 0. The van der Waals surface area contributed by atoms with Gasteiger partial charge >= 0.3 is 11.9 Å². The molecular formula is C45H70N4O11S. The highest BCUT2D eigenvalue weighted by atomic mass is 32.2. The van der Waals surface area contributed by atoms with Gasteiger partial charge in [-0.1, -0.05) is 26.7 Å². The van der Waals surface area contributed by atoms with Gasteiger partial charge in [-0.3, -0.25) is 24.0 Å². The molecule has 4 saturated carbocycles. The Balaban J connectivity index is 0.822. The van der Waals surface area contributed by atoms with Crippen LogP contribution in [0.25, 0.3) is 0 Å². The molecule has 0 aromatic carbocycles. The Morgan fingerprint density at radius 1 is 0.869 bits per heavy atom. The van der Waals surface area contributed by atoms with E-state index in [1.807, 2.05) is 6.92 Å². The molecule has 4 amide bonds. The largest absolute Gasteiger partial charge is 0.481 e. The molecule has 5 fully saturated rings. The number of rotatable bonds is 20. The fraction of sp³-hybridized carbons (Fsp3) is 0.822. The second-order valence-corrected chi connectivity index (χ2v) is 20.5. The number of aliphatic carboxylic acids is 1. The molecule has 12 atom stereocenters. The second kappa shape index (κ2) is 20.5. The lowest BCUT2D eigenvalue weighted by Gasteiger charge is -2.65. The van der Waals surface area contributed by atoms with Crippen LogP contribution in [0, 0.1) is 34.5 Å². The van der Waals surface area contributed by atoms with Crippen LogP contribution in [0.5, 0.6) is 0 Å². The van der Waals surface area contributed by atoms with Gasteiger partial charge in [-0.25, -0.2) is 4.79 Å². The summed E-state index contributed by atoms with van der Waals surface area (Å²) in [6.45, 7) is 6.76. The molecule has 0 radical (unpaired) electrons. The number of hydrogen-bond acceptors (Lipinski definition) is 11. The number of cyclic esters (lactones) is 1. The number of carboxylic acid groups (broad SMARTS) is 1. The van der Waals surface area contributed by atoms with Gasteiger partial charge < -0.3 is 46.1 Å². The van der Waals surface area contributed by atoms with E-state index in [0.29, 0.717) is 50.3 Å². The third-order valence-electron chi connectivity index (χ3n) is 15.7. The number of aliphatic hydroxyl groups excluding tert-OH is 1. The summed E-state index contributed by atoms with van der Waals surface area (Å²) < 4.78 is 11.4. The van der Waals surface area contributed by atoms with Gasteiger partial charge in [0.1, 0.15) is 13.2 Å². The third-order valence-corrected chi connectivity index (χ3v) is 17.2. The summed E-state index contributed by atoms with van der Waals surface area (Å²) in [5.41, 5.74) is -0.862. The maximum Gasteiger partial charge on any atom is 0.331 e. The van der Waals surface area contributed by atoms with Gasteiger partial charge in [-0.05, 0) is 112 Å². The van der Waals surface area contributed by atoms with Crippen LogP contribution in [0.3, 0.4) is 0 Å². The smallest absolute Gasteiger partial charge is 0.331 e. The number of fused-ring (bicyclic) bond motifs is 5. The Bertz CT molecular complexity index is 1660. The fourth-order valence-electron chi connectivity index (χ4n) is 12.4. The van der Waals surface area contributed by atoms with Crippen molar-refractivity contribution in [1.29, 1.82) is 0 Å². The molecule has 0 aromatic rings. The molecule has 2 heterocycles. The van der Waals surface area contributed by atoms with Crippen molar-refractivity contribution in [3.63, 3.8) is 0 Å². The molecule has 0 spiro atoms. The van der Waals surface area contributed by atoms with Gasteiger partial charge in [0.2, 0.25) is 23.6 Å². The Morgan fingerprint density at radius 3 is 2.38 bits per heavy atom. The van der Waals surface area contributed by atoms with Crippen molar-refractivity contribution in [2.24, 2.45) is 34.5 Å². The van der Waals surface area contributed by atoms with Crippen molar-refractivity contribution in [1.82, 2.24) is 21.3 Å². The standard InChI is InChI=1S/C45H70N4O11S/c1-27(50)48-42-34(26-61-35(42)9-6-7-11-40(55)56)49-38(53)16-20-47-37(52)10-5-4-8-19-46-39(54)25-59-30-14-17-43(2)29(22-30)12-13-32-33(43)23-36(51)44(3)31(15-18-45(32,44)58)28-21-41(57)60-24-28/h21,29-36,42,51,58H,4-20,22-26H2,1-3H3,(H,46,54)(H,47,52)(H,48,50)(H,49,53)(H,55,56)/t29-,30+,31-,32-,33+,34?,35?,36-,42?,43+,44+,45+/m1/s1. The van der Waals surface area contributed by atoms with Gasteiger partial charge in [-0.2, -0.15) is 11.8 Å². The lowest BCUT2D eigenvalue weighted by molar-refractivity contribution is -0.245. The monoisotopic (exact) mass is 874 g/mol. The topological polar surface area (TPSA) is 230 Å². The summed E-state index contributed by atoms with van der Waals surface area (Å²) in [6, 6.07) is -0.475. The number of esters is 1. The number of carbonyl (C=O) groups is 6. The second-order valence-electron chi connectivity index (χ2n) is 19.2. The van der Waals surface area contributed by atoms with E-state index in [0.717, 1.165) is 69.8 Å². The summed E-state index contributed by atoms with van der Waals surface area (Å²) in [6.07, 6.45) is 12.1. The van der Waals surface area contributed by atoms with E-state index in [9.17, 15) is 39.0 Å². The minimum atomic E-state index is -1.00. The lowest BCUT2D eigenvalue weighted by Crippen LogP contribution is -2.67. The van der Waals surface area contributed by atoms with Crippen LogP contribution >= 0.6 is 11.8 Å². The van der Waals surface area contributed by atoms with Crippen molar-refractivity contribution in [3.05, 3.63) is 11.6 Å². The van der Waals surface area contributed by atoms with Crippen molar-refractivity contribution in [2.45, 2.75) is 165 Å². The quantitative estimate of drug-likeness (QED) is 0.0689. The summed E-state index contributed by atoms with van der Waals surface area (Å²) in [5.74, 6) is -0.617. The number of nitrogens with one attached hydrogen (secondary N) is 4. The fourth-order valence-corrected chi connectivity index (χ4v) is 13.9. The number of thioether (sulfide) groups is 1. The Hall–Kier alpha value is -3.21. The lowest BCUT2D eigenvalue weighted by atomic mass is 9.42. The molecule has 1 saturated heterocycles. The van der Waals surface area contributed by atoms with Crippen LogP contribution in [0.15, 0.2) is 11.6 Å². The molecule has 0 aromatic heterocycles. The van der Waals surface area contributed by atoms with E-state index in [-0.39, 0.29) is 109 Å². The highest BCUT2D eigenvalue weighted by Gasteiger charge is 2.70. The average molecular weight is 875 g/mol. The number of hydrogen-bond donors (Lipinski definition) is 7. The molecule has 16 heteroatoms. The predicted octanol–water partition coefficient (Wildman–Crippen LogP) is 3.53. The van der Waals surface area contributed by atoms with E-state index < -0.39 is 23.1 Å². The first kappa shape index (κ1) is 47.3. The zero-order valence-corrected chi connectivity index (χ0v) is 37.2. The van der Waals surface area contributed by atoms with E-state index >= 15 is 0 Å². The Kier molecular flexibility index (Phi) is 15.9. The third kappa shape index (κ3) is 10.8. The molecule has 342 valence electrons. The predicted molar refractivity (Wildman–Crippen MR) is 228 cm³/mol. The summed E-state index contributed by atoms with van der Waals surface area (Å²) in [5, 5.41) is 45.0. The van der Waals surface area contributed by atoms with Crippen LogP contribution in [0.4, 0.5) is 0 Å². The Morgan fingerprint density at radius 2 is 1.64 bits per heavy atom. The highest BCUT2D eigenvalue weighted by Crippen LogP contribution is 2.70. The average Bonchev–Trinajstić information content (AvgIpc) is 3.88. The van der Waals surface area contributed by atoms with Crippen LogP contribution in [0.2, 0.25) is 0 Å². The van der Waals surface area contributed by atoms with Crippen molar-refractivity contribution in [3.8, 4) is 0 Å². The summed E-state index contributed by atoms with van der Waals surface area (Å²) >= 11 is 1.67. The molecule has 61 heavy (non-hydrogen) atoms. The molecule has 4 aliphatic carbocycles. The van der Waals surface area contributed by atoms with Gasteiger partial charge in [0.05, 0.1) is 29.9 Å². The normalized spacial score (nSPS) is 36.4. The van der Waals surface area contributed by atoms with Crippen LogP contribution in [-0.4, -0.2) is 118 Å². The minimum Gasteiger partial charge on any atom is -0.481 e. The molecule has 7 N–H and O–H groups in total. The minimum absolute atomic E-state index is 0.000918. The molecule has 6 rings (SSSR count).